The number of carbonyl (C=O) groups is 1. The van der Waals surface area contributed by atoms with Crippen LogP contribution >= 0.6 is 11.6 Å². The number of benzene rings is 2. The first-order chi connectivity index (χ1) is 9.52. The molecule has 0 saturated heterocycles. The van der Waals surface area contributed by atoms with Crippen LogP contribution in [0.5, 0.6) is 11.5 Å². The third kappa shape index (κ3) is 2.73. The number of carboxylic acid groups (broad SMARTS) is 1. The van der Waals surface area contributed by atoms with Gasteiger partial charge in [0.25, 0.3) is 0 Å². The Morgan fingerprint density at radius 1 is 1.35 bits per heavy atom. The molecule has 2 rings (SSSR count). The van der Waals surface area contributed by atoms with Gasteiger partial charge in [0, 0.05) is 5.02 Å². The van der Waals surface area contributed by atoms with E-state index in [2.05, 4.69) is 0 Å². The summed E-state index contributed by atoms with van der Waals surface area (Å²) in [5.74, 6) is -0.651. The molecule has 4 nitrogen and oxygen atoms in total. The molecule has 0 amide bonds. The second-order valence-corrected chi connectivity index (χ2v) is 4.55. The Hall–Kier alpha value is -2.51. The fraction of sp³-hybridized carbons (Fsp3) is 0.0667. The van der Waals surface area contributed by atoms with E-state index in [0.29, 0.717) is 16.3 Å². The van der Waals surface area contributed by atoms with Crippen LogP contribution < -0.4 is 4.74 Å². The third-order valence-corrected chi connectivity index (χ3v) is 2.95. The molecule has 0 radical (unpaired) electrons. The zero-order chi connectivity index (χ0) is 14.7. The lowest BCUT2D eigenvalue weighted by molar-refractivity contribution is 0.0694. The van der Waals surface area contributed by atoms with Crippen molar-refractivity contribution in [3.8, 4) is 17.6 Å². The summed E-state index contributed by atoms with van der Waals surface area (Å²) in [6.45, 7) is 1.78. The van der Waals surface area contributed by atoms with E-state index in [1.807, 2.05) is 6.07 Å². The second kappa shape index (κ2) is 5.64. The van der Waals surface area contributed by atoms with Crippen LogP contribution in [0.4, 0.5) is 0 Å². The first kappa shape index (κ1) is 13.9. The fourth-order valence-corrected chi connectivity index (χ4v) is 1.92. The standard InChI is InChI=1S/C15H10ClNO3/c1-9-3-2-4-10(8-17)14(9)20-13-6-5-11(16)7-12(13)15(18)19/h2-7H,1H3,(H,18,19). The molecule has 0 fully saturated rings. The lowest BCUT2D eigenvalue weighted by atomic mass is 10.1. The lowest BCUT2D eigenvalue weighted by Crippen LogP contribution is -2.01. The molecular weight excluding hydrogens is 278 g/mol. The van der Waals surface area contributed by atoms with E-state index in [-0.39, 0.29) is 11.3 Å². The zero-order valence-corrected chi connectivity index (χ0v) is 11.3. The van der Waals surface area contributed by atoms with Gasteiger partial charge < -0.3 is 9.84 Å². The maximum Gasteiger partial charge on any atom is 0.339 e. The largest absolute Gasteiger partial charge is 0.478 e. The van der Waals surface area contributed by atoms with Crippen molar-refractivity contribution in [1.82, 2.24) is 0 Å². The Bertz CT molecular complexity index is 720. The summed E-state index contributed by atoms with van der Waals surface area (Å²) in [5.41, 5.74) is 1.04. The van der Waals surface area contributed by atoms with Gasteiger partial charge in [-0.25, -0.2) is 4.79 Å². The maximum atomic E-state index is 11.2. The zero-order valence-electron chi connectivity index (χ0n) is 10.6. The fourth-order valence-electron chi connectivity index (χ4n) is 1.74. The van der Waals surface area contributed by atoms with E-state index in [9.17, 15) is 4.79 Å². The van der Waals surface area contributed by atoms with E-state index in [0.717, 1.165) is 5.56 Å². The molecule has 0 spiro atoms. The molecule has 0 saturated carbocycles. The van der Waals surface area contributed by atoms with Crippen LogP contribution in [0.3, 0.4) is 0 Å². The number of aromatic carboxylic acids is 1. The highest BCUT2D eigenvalue weighted by molar-refractivity contribution is 6.31. The van der Waals surface area contributed by atoms with E-state index >= 15 is 0 Å². The molecular formula is C15H10ClNO3. The second-order valence-electron chi connectivity index (χ2n) is 4.11. The van der Waals surface area contributed by atoms with Gasteiger partial charge >= 0.3 is 5.97 Å². The van der Waals surface area contributed by atoms with E-state index in [4.69, 9.17) is 26.7 Å². The number of aryl methyl sites for hydroxylation is 1. The summed E-state index contributed by atoms with van der Waals surface area (Å²) in [5, 5.41) is 18.5. The third-order valence-electron chi connectivity index (χ3n) is 2.72. The Morgan fingerprint density at radius 2 is 2.10 bits per heavy atom. The molecule has 2 aromatic rings. The summed E-state index contributed by atoms with van der Waals surface area (Å²) >= 11 is 5.78. The predicted molar refractivity (Wildman–Crippen MR) is 74.4 cm³/mol. The minimum Gasteiger partial charge on any atom is -0.478 e. The number of carboxylic acids is 1. The van der Waals surface area contributed by atoms with E-state index < -0.39 is 5.97 Å². The van der Waals surface area contributed by atoms with Crippen LogP contribution in [0.1, 0.15) is 21.5 Å². The topological polar surface area (TPSA) is 70.3 Å². The number of halogens is 1. The SMILES string of the molecule is Cc1cccc(C#N)c1Oc1ccc(Cl)cc1C(=O)O. The molecule has 0 heterocycles. The van der Waals surface area contributed by atoms with Crippen molar-refractivity contribution in [3.63, 3.8) is 0 Å². The van der Waals surface area contributed by atoms with Gasteiger partial charge in [0.2, 0.25) is 0 Å². The summed E-state index contributed by atoms with van der Waals surface area (Å²) in [6.07, 6.45) is 0. The van der Waals surface area contributed by atoms with Gasteiger partial charge in [-0.1, -0.05) is 23.7 Å². The summed E-state index contributed by atoms with van der Waals surface area (Å²) in [4.78, 5) is 11.2. The van der Waals surface area contributed by atoms with Gasteiger partial charge in [0.05, 0.1) is 5.56 Å². The van der Waals surface area contributed by atoms with Crippen molar-refractivity contribution < 1.29 is 14.6 Å². The molecule has 20 heavy (non-hydrogen) atoms. The highest BCUT2D eigenvalue weighted by Crippen LogP contribution is 2.32. The maximum absolute atomic E-state index is 11.2. The molecule has 5 heteroatoms. The average Bonchev–Trinajstić information content (AvgIpc) is 2.42. The number of hydrogen-bond acceptors (Lipinski definition) is 3. The monoisotopic (exact) mass is 287 g/mol. The Labute approximate surface area is 120 Å². The lowest BCUT2D eigenvalue weighted by Gasteiger charge is -2.12. The van der Waals surface area contributed by atoms with Crippen LogP contribution in [0.2, 0.25) is 5.02 Å². The van der Waals surface area contributed by atoms with Gasteiger partial charge in [-0.05, 0) is 36.8 Å². The minimum atomic E-state index is -1.14. The smallest absolute Gasteiger partial charge is 0.339 e. The van der Waals surface area contributed by atoms with E-state index in [1.54, 1.807) is 25.1 Å². The molecule has 0 aromatic heterocycles. The van der Waals surface area contributed by atoms with Crippen molar-refractivity contribution in [2.45, 2.75) is 6.92 Å². The number of ether oxygens (including phenoxy) is 1. The molecule has 2 aromatic carbocycles. The highest BCUT2D eigenvalue weighted by Gasteiger charge is 2.15. The van der Waals surface area contributed by atoms with Crippen LogP contribution in [0, 0.1) is 18.3 Å². The normalized spacial score (nSPS) is 9.85. The Kier molecular flexibility index (Phi) is 3.92. The number of nitrogens with zero attached hydrogens (tertiary/aromatic N) is 1. The van der Waals surface area contributed by atoms with Crippen molar-refractivity contribution in [2.75, 3.05) is 0 Å². The molecule has 0 atom stereocenters. The summed E-state index contributed by atoms with van der Waals surface area (Å²) in [6, 6.07) is 11.5. The minimum absolute atomic E-state index is 0.0513. The number of rotatable bonds is 3. The van der Waals surface area contributed by atoms with Gasteiger partial charge in [0.1, 0.15) is 23.1 Å². The Balaban J connectivity index is 2.51. The summed E-state index contributed by atoms with van der Waals surface area (Å²) in [7, 11) is 0. The molecule has 0 bridgehead atoms. The molecule has 0 aliphatic rings. The van der Waals surface area contributed by atoms with Gasteiger partial charge in [0.15, 0.2) is 0 Å². The quantitative estimate of drug-likeness (QED) is 0.926. The van der Waals surface area contributed by atoms with E-state index in [1.165, 1.54) is 18.2 Å². The average molecular weight is 288 g/mol. The van der Waals surface area contributed by atoms with Crippen molar-refractivity contribution in [2.24, 2.45) is 0 Å². The molecule has 0 aliphatic carbocycles. The van der Waals surface area contributed by atoms with Gasteiger partial charge in [-0.2, -0.15) is 5.26 Å². The number of hydrogen-bond donors (Lipinski definition) is 1. The summed E-state index contributed by atoms with van der Waals surface area (Å²) < 4.78 is 5.62. The molecule has 0 unspecified atom stereocenters. The van der Waals surface area contributed by atoms with Crippen molar-refractivity contribution in [1.29, 1.82) is 5.26 Å². The molecule has 100 valence electrons. The Morgan fingerprint density at radius 3 is 2.75 bits per heavy atom. The van der Waals surface area contributed by atoms with Crippen LogP contribution in [-0.4, -0.2) is 11.1 Å². The molecule has 1 N–H and O–H groups in total. The first-order valence-corrected chi connectivity index (χ1v) is 6.11. The first-order valence-electron chi connectivity index (χ1n) is 5.73. The van der Waals surface area contributed by atoms with Crippen molar-refractivity contribution >= 4 is 17.6 Å². The van der Waals surface area contributed by atoms with Crippen molar-refractivity contribution in [3.05, 3.63) is 58.1 Å². The van der Waals surface area contributed by atoms with Gasteiger partial charge in [-0.15, -0.1) is 0 Å². The van der Waals surface area contributed by atoms with Crippen LogP contribution in [0.15, 0.2) is 36.4 Å². The number of nitriles is 1. The van der Waals surface area contributed by atoms with Crippen LogP contribution in [0.25, 0.3) is 0 Å². The predicted octanol–water partition coefficient (Wildman–Crippen LogP) is 4.01. The van der Waals surface area contributed by atoms with Gasteiger partial charge in [-0.3, -0.25) is 0 Å². The highest BCUT2D eigenvalue weighted by atomic mass is 35.5. The van der Waals surface area contributed by atoms with Crippen LogP contribution in [-0.2, 0) is 0 Å². The molecule has 0 aliphatic heterocycles. The number of para-hydroxylation sites is 1.